The Balaban J connectivity index is 2.53. The number of carbonyl (C=O) groups is 3. The molecule has 1 saturated carbocycles. The molecule has 1 aliphatic rings. The van der Waals surface area contributed by atoms with Gasteiger partial charge in [-0.1, -0.05) is 0 Å². The summed E-state index contributed by atoms with van der Waals surface area (Å²) in [4.78, 5) is 35.2. The lowest BCUT2D eigenvalue weighted by Crippen LogP contribution is -2.50. The van der Waals surface area contributed by atoms with Crippen LogP contribution in [0, 0.1) is 0 Å². The van der Waals surface area contributed by atoms with Crippen LogP contribution >= 0.6 is 0 Å². The highest BCUT2D eigenvalue weighted by Gasteiger charge is 2.35. The minimum Gasteiger partial charge on any atom is -0.481 e. The zero-order valence-corrected chi connectivity index (χ0v) is 10.6. The lowest BCUT2D eigenvalue weighted by atomic mass is 10.2. The molecule has 0 aromatic rings. The van der Waals surface area contributed by atoms with Crippen molar-refractivity contribution in [1.82, 2.24) is 15.5 Å². The lowest BCUT2D eigenvalue weighted by Gasteiger charge is -2.27. The molecule has 0 bridgehead atoms. The van der Waals surface area contributed by atoms with E-state index in [4.69, 9.17) is 5.11 Å². The number of carboxylic acid groups (broad SMARTS) is 1. The molecule has 1 aliphatic carbocycles. The minimum absolute atomic E-state index is 0.00586. The number of carboxylic acids is 1. The molecule has 0 aliphatic heterocycles. The summed E-state index contributed by atoms with van der Waals surface area (Å²) in [5, 5.41) is 13.2. The van der Waals surface area contributed by atoms with Crippen molar-refractivity contribution in [2.24, 2.45) is 0 Å². The monoisotopic (exact) mass is 257 g/mol. The number of imide groups is 1. The number of hydrogen-bond acceptors (Lipinski definition) is 4. The molecule has 0 saturated heterocycles. The normalized spacial score (nSPS) is 16.2. The highest BCUT2D eigenvalue weighted by atomic mass is 16.4. The zero-order chi connectivity index (χ0) is 13.7. The fourth-order valence-corrected chi connectivity index (χ4v) is 1.75. The number of hydrogen-bond donors (Lipinski definition) is 3. The van der Waals surface area contributed by atoms with Gasteiger partial charge in [0.05, 0.1) is 12.5 Å². The van der Waals surface area contributed by atoms with Crippen LogP contribution < -0.4 is 10.6 Å². The number of carbonyl (C=O) groups excluding carboxylic acids is 2. The molecule has 0 heterocycles. The van der Waals surface area contributed by atoms with Crippen LogP contribution in [0.2, 0.25) is 0 Å². The van der Waals surface area contributed by atoms with E-state index in [1.807, 2.05) is 4.90 Å². The molecule has 3 amide bonds. The first-order valence-corrected chi connectivity index (χ1v) is 5.95. The maximum Gasteiger partial charge on any atom is 0.321 e. The van der Waals surface area contributed by atoms with E-state index < -0.39 is 23.9 Å². The predicted octanol–water partition coefficient (Wildman–Crippen LogP) is -0.230. The summed E-state index contributed by atoms with van der Waals surface area (Å²) in [6.45, 7) is 2.00. The number of amides is 3. The molecule has 18 heavy (non-hydrogen) atoms. The Labute approximate surface area is 106 Å². The van der Waals surface area contributed by atoms with E-state index in [1.54, 1.807) is 6.92 Å². The van der Waals surface area contributed by atoms with Crippen LogP contribution in [0.3, 0.4) is 0 Å². The van der Waals surface area contributed by atoms with Crippen molar-refractivity contribution in [3.8, 4) is 0 Å². The second kappa shape index (κ2) is 6.34. The zero-order valence-electron chi connectivity index (χ0n) is 10.6. The van der Waals surface area contributed by atoms with Gasteiger partial charge in [-0.2, -0.15) is 0 Å². The molecule has 102 valence electrons. The van der Waals surface area contributed by atoms with Crippen molar-refractivity contribution in [1.29, 1.82) is 0 Å². The molecular formula is C11H19N3O4. The molecule has 0 aromatic carbocycles. The number of urea groups is 1. The maximum absolute atomic E-state index is 11.8. The van der Waals surface area contributed by atoms with Crippen LogP contribution in [0.4, 0.5) is 4.79 Å². The van der Waals surface area contributed by atoms with Gasteiger partial charge < -0.3 is 10.4 Å². The lowest BCUT2D eigenvalue weighted by molar-refractivity contribution is -0.138. The summed E-state index contributed by atoms with van der Waals surface area (Å²) in [7, 11) is 1.43. The van der Waals surface area contributed by atoms with Crippen LogP contribution in [0.25, 0.3) is 0 Å². The van der Waals surface area contributed by atoms with Crippen LogP contribution in [0.1, 0.15) is 26.2 Å². The third-order valence-electron chi connectivity index (χ3n) is 2.94. The standard InChI is InChI=1S/C11H19N3O4/c1-7(10(17)13-11(18)12-2)14(8-3-4-8)6-5-9(15)16/h7-8H,3-6H2,1-2H3,(H,15,16)(H2,12,13,17,18). The SMILES string of the molecule is CNC(=O)NC(=O)C(C)N(CCC(=O)O)C1CC1. The molecule has 7 nitrogen and oxygen atoms in total. The van der Waals surface area contributed by atoms with Crippen molar-refractivity contribution in [2.45, 2.75) is 38.3 Å². The Bertz CT molecular complexity index is 341. The Kier molecular flexibility index (Phi) is 5.08. The summed E-state index contributed by atoms with van der Waals surface area (Å²) in [5.74, 6) is -1.30. The van der Waals surface area contributed by atoms with E-state index >= 15 is 0 Å². The average molecular weight is 257 g/mol. The van der Waals surface area contributed by atoms with E-state index in [1.165, 1.54) is 7.05 Å². The second-order valence-corrected chi connectivity index (χ2v) is 4.36. The molecule has 0 radical (unpaired) electrons. The number of nitrogens with zero attached hydrogens (tertiary/aromatic N) is 1. The van der Waals surface area contributed by atoms with Gasteiger partial charge in [-0.3, -0.25) is 19.8 Å². The average Bonchev–Trinajstić information content (AvgIpc) is 3.12. The quantitative estimate of drug-likeness (QED) is 0.610. The molecule has 0 spiro atoms. The van der Waals surface area contributed by atoms with E-state index in [0.717, 1.165) is 12.8 Å². The molecule has 3 N–H and O–H groups in total. The van der Waals surface area contributed by atoms with Gasteiger partial charge in [0.15, 0.2) is 0 Å². The first-order valence-electron chi connectivity index (χ1n) is 5.95. The van der Waals surface area contributed by atoms with Crippen LogP contribution in [-0.2, 0) is 9.59 Å². The summed E-state index contributed by atoms with van der Waals surface area (Å²) in [6.07, 6.45) is 1.93. The Morgan fingerprint density at radius 1 is 1.39 bits per heavy atom. The Hall–Kier alpha value is -1.63. The topological polar surface area (TPSA) is 98.7 Å². The van der Waals surface area contributed by atoms with Gasteiger partial charge in [-0.15, -0.1) is 0 Å². The highest BCUT2D eigenvalue weighted by Crippen LogP contribution is 2.28. The van der Waals surface area contributed by atoms with Gasteiger partial charge in [0.25, 0.3) is 0 Å². The maximum atomic E-state index is 11.8. The van der Waals surface area contributed by atoms with Crippen LogP contribution in [-0.4, -0.2) is 53.6 Å². The largest absolute Gasteiger partial charge is 0.481 e. The van der Waals surface area contributed by atoms with Gasteiger partial charge in [0.2, 0.25) is 5.91 Å². The van der Waals surface area contributed by atoms with Gasteiger partial charge in [-0.05, 0) is 19.8 Å². The Morgan fingerprint density at radius 2 is 2.00 bits per heavy atom. The minimum atomic E-state index is -0.889. The van der Waals surface area contributed by atoms with Crippen molar-refractivity contribution in [2.75, 3.05) is 13.6 Å². The number of aliphatic carboxylic acids is 1. The van der Waals surface area contributed by atoms with E-state index in [9.17, 15) is 14.4 Å². The molecule has 0 aromatic heterocycles. The van der Waals surface area contributed by atoms with Gasteiger partial charge in [0.1, 0.15) is 0 Å². The van der Waals surface area contributed by atoms with Crippen molar-refractivity contribution >= 4 is 17.9 Å². The molecule has 1 fully saturated rings. The fraction of sp³-hybridized carbons (Fsp3) is 0.727. The van der Waals surface area contributed by atoms with Crippen molar-refractivity contribution in [3.63, 3.8) is 0 Å². The fourth-order valence-electron chi connectivity index (χ4n) is 1.75. The van der Waals surface area contributed by atoms with Gasteiger partial charge in [-0.25, -0.2) is 4.79 Å². The molecule has 1 atom stereocenters. The smallest absolute Gasteiger partial charge is 0.321 e. The second-order valence-electron chi connectivity index (χ2n) is 4.36. The van der Waals surface area contributed by atoms with E-state index in [2.05, 4.69) is 10.6 Å². The first-order chi connectivity index (χ1) is 8.45. The van der Waals surface area contributed by atoms with Crippen molar-refractivity contribution in [3.05, 3.63) is 0 Å². The van der Waals surface area contributed by atoms with Gasteiger partial charge >= 0.3 is 12.0 Å². The van der Waals surface area contributed by atoms with Gasteiger partial charge in [0, 0.05) is 19.6 Å². The summed E-state index contributed by atoms with van der Waals surface area (Å²) in [5.41, 5.74) is 0. The molecule has 1 unspecified atom stereocenters. The Morgan fingerprint density at radius 3 is 2.44 bits per heavy atom. The third kappa shape index (κ3) is 4.33. The molecular weight excluding hydrogens is 238 g/mol. The van der Waals surface area contributed by atoms with E-state index in [0.29, 0.717) is 6.54 Å². The van der Waals surface area contributed by atoms with E-state index in [-0.39, 0.29) is 12.5 Å². The summed E-state index contributed by atoms with van der Waals surface area (Å²) in [6, 6.07) is -0.801. The number of nitrogens with one attached hydrogen (secondary N) is 2. The predicted molar refractivity (Wildman–Crippen MR) is 64.0 cm³/mol. The highest BCUT2D eigenvalue weighted by molar-refractivity contribution is 5.96. The molecule has 7 heteroatoms. The van der Waals surface area contributed by atoms with Crippen molar-refractivity contribution < 1.29 is 19.5 Å². The first kappa shape index (κ1) is 14.4. The number of rotatable bonds is 6. The van der Waals surface area contributed by atoms with Crippen LogP contribution in [0.5, 0.6) is 0 Å². The van der Waals surface area contributed by atoms with Crippen LogP contribution in [0.15, 0.2) is 0 Å². The summed E-state index contributed by atoms with van der Waals surface area (Å²) >= 11 is 0. The third-order valence-corrected chi connectivity index (χ3v) is 2.94. The summed E-state index contributed by atoms with van der Waals surface area (Å²) < 4.78 is 0. The molecule has 1 rings (SSSR count).